The first-order valence-electron chi connectivity index (χ1n) is 4.37. The zero-order valence-electron chi connectivity index (χ0n) is 8.69. The number of hydrogen-bond donors (Lipinski definition) is 1. The summed E-state index contributed by atoms with van der Waals surface area (Å²) in [5.41, 5.74) is 0.0417. The highest BCUT2D eigenvalue weighted by atomic mass is 35.5. The van der Waals surface area contributed by atoms with Crippen molar-refractivity contribution in [1.29, 1.82) is 0 Å². The molecule has 0 rings (SSSR count). The molecule has 1 amide bonds. The lowest BCUT2D eigenvalue weighted by molar-refractivity contribution is 0.140. The smallest absolute Gasteiger partial charge is 0.407 e. The van der Waals surface area contributed by atoms with E-state index in [1.807, 2.05) is 6.92 Å². The fraction of sp³-hybridized carbons (Fsp3) is 0.889. The topological polar surface area (TPSA) is 38.3 Å². The summed E-state index contributed by atoms with van der Waals surface area (Å²) in [7, 11) is 0. The van der Waals surface area contributed by atoms with Crippen LogP contribution in [0.1, 0.15) is 27.7 Å². The van der Waals surface area contributed by atoms with E-state index in [1.165, 1.54) is 0 Å². The Morgan fingerprint density at radius 1 is 1.54 bits per heavy atom. The molecule has 1 atom stereocenters. The predicted molar refractivity (Wildman–Crippen MR) is 54.1 cm³/mol. The number of amides is 1. The van der Waals surface area contributed by atoms with E-state index in [-0.39, 0.29) is 18.1 Å². The van der Waals surface area contributed by atoms with Gasteiger partial charge in [-0.05, 0) is 12.3 Å². The Morgan fingerprint density at radius 2 is 2.08 bits per heavy atom. The number of alkyl carbamates (subject to hydrolysis) is 1. The third-order valence-electron chi connectivity index (χ3n) is 1.94. The quantitative estimate of drug-likeness (QED) is 0.722. The highest BCUT2D eigenvalue weighted by Gasteiger charge is 2.21. The number of hydrogen-bond acceptors (Lipinski definition) is 2. The van der Waals surface area contributed by atoms with Crippen LogP contribution in [0.25, 0.3) is 0 Å². The van der Waals surface area contributed by atoms with Crippen LogP contribution in [-0.4, -0.2) is 24.6 Å². The number of carbonyl (C=O) groups excluding carboxylic acids is 1. The summed E-state index contributed by atoms with van der Waals surface area (Å²) in [6.07, 6.45) is -0.400. The van der Waals surface area contributed by atoms with Crippen LogP contribution in [0, 0.1) is 5.41 Å². The van der Waals surface area contributed by atoms with Crippen molar-refractivity contribution in [2.75, 3.05) is 12.5 Å². The maximum atomic E-state index is 11.1. The van der Waals surface area contributed by atoms with Crippen LogP contribution in [0.2, 0.25) is 0 Å². The van der Waals surface area contributed by atoms with Crippen LogP contribution in [0.3, 0.4) is 0 Å². The van der Waals surface area contributed by atoms with E-state index in [2.05, 4.69) is 26.1 Å². The average molecular weight is 208 g/mol. The Hall–Kier alpha value is -0.440. The molecule has 0 fully saturated rings. The number of halogens is 1. The fourth-order valence-electron chi connectivity index (χ4n) is 0.566. The van der Waals surface area contributed by atoms with Crippen molar-refractivity contribution in [2.24, 2.45) is 5.41 Å². The van der Waals surface area contributed by atoms with Gasteiger partial charge in [0.2, 0.25) is 0 Å². The van der Waals surface area contributed by atoms with Gasteiger partial charge in [0.25, 0.3) is 0 Å². The first-order valence-corrected chi connectivity index (χ1v) is 4.90. The minimum absolute atomic E-state index is 0.0417. The molecule has 0 aliphatic heterocycles. The lowest BCUT2D eigenvalue weighted by atomic mass is 9.88. The Morgan fingerprint density at radius 3 is 2.46 bits per heavy atom. The van der Waals surface area contributed by atoms with Crippen molar-refractivity contribution in [3.8, 4) is 0 Å². The van der Waals surface area contributed by atoms with Gasteiger partial charge in [0.05, 0.1) is 5.88 Å². The molecule has 0 bridgehead atoms. The first kappa shape index (κ1) is 12.6. The average Bonchev–Trinajstić information content (AvgIpc) is 1.99. The second-order valence-electron chi connectivity index (χ2n) is 4.06. The number of carbonyl (C=O) groups is 1. The molecule has 0 saturated heterocycles. The van der Waals surface area contributed by atoms with E-state index in [0.29, 0.717) is 5.88 Å². The fourth-order valence-corrected chi connectivity index (χ4v) is 0.643. The number of nitrogens with one attached hydrogen (secondary N) is 1. The highest BCUT2D eigenvalue weighted by Crippen LogP contribution is 2.18. The van der Waals surface area contributed by atoms with Gasteiger partial charge < -0.3 is 10.1 Å². The maximum Gasteiger partial charge on any atom is 0.407 e. The summed E-state index contributed by atoms with van der Waals surface area (Å²) < 4.78 is 4.78. The molecule has 78 valence electrons. The van der Waals surface area contributed by atoms with E-state index in [0.717, 1.165) is 0 Å². The van der Waals surface area contributed by atoms with Crippen molar-refractivity contribution in [2.45, 2.75) is 33.7 Å². The SMILES string of the molecule is CC(NC(=O)OCCCl)C(C)(C)C. The molecule has 0 saturated carbocycles. The Kier molecular flexibility index (Phi) is 5.14. The summed E-state index contributed by atoms with van der Waals surface area (Å²) in [5.74, 6) is 0.331. The van der Waals surface area contributed by atoms with E-state index >= 15 is 0 Å². The van der Waals surface area contributed by atoms with Gasteiger partial charge in [0.15, 0.2) is 0 Å². The number of alkyl halides is 1. The normalized spacial score (nSPS) is 13.6. The molecular weight excluding hydrogens is 190 g/mol. The van der Waals surface area contributed by atoms with Crippen LogP contribution in [0.4, 0.5) is 4.79 Å². The predicted octanol–water partition coefficient (Wildman–Crippen LogP) is 2.39. The summed E-state index contributed by atoms with van der Waals surface area (Å²) in [6, 6.07) is 0.0790. The zero-order valence-corrected chi connectivity index (χ0v) is 9.44. The van der Waals surface area contributed by atoms with Crippen molar-refractivity contribution >= 4 is 17.7 Å². The van der Waals surface area contributed by atoms with Crippen molar-refractivity contribution in [1.82, 2.24) is 5.32 Å². The molecule has 0 aromatic heterocycles. The maximum absolute atomic E-state index is 11.1. The Labute approximate surface area is 84.8 Å². The van der Waals surface area contributed by atoms with E-state index < -0.39 is 6.09 Å². The molecule has 1 N–H and O–H groups in total. The molecule has 0 aliphatic carbocycles. The van der Waals surface area contributed by atoms with Gasteiger partial charge in [-0.15, -0.1) is 11.6 Å². The van der Waals surface area contributed by atoms with Crippen molar-refractivity contribution < 1.29 is 9.53 Å². The van der Waals surface area contributed by atoms with Gasteiger partial charge >= 0.3 is 6.09 Å². The lowest BCUT2D eigenvalue weighted by Crippen LogP contribution is -2.41. The summed E-state index contributed by atoms with van der Waals surface area (Å²) in [4.78, 5) is 11.1. The standard InChI is InChI=1S/C9H18ClNO2/c1-7(9(2,3)4)11-8(12)13-6-5-10/h7H,5-6H2,1-4H3,(H,11,12). The summed E-state index contributed by atoms with van der Waals surface area (Å²) >= 11 is 5.37. The first-order chi connectivity index (χ1) is 5.88. The largest absolute Gasteiger partial charge is 0.448 e. The highest BCUT2D eigenvalue weighted by molar-refractivity contribution is 6.18. The number of rotatable bonds is 3. The van der Waals surface area contributed by atoms with Crippen LogP contribution < -0.4 is 5.32 Å². The van der Waals surface area contributed by atoms with Crippen LogP contribution in [-0.2, 0) is 4.74 Å². The minimum atomic E-state index is -0.400. The van der Waals surface area contributed by atoms with Gasteiger partial charge in [0, 0.05) is 6.04 Å². The van der Waals surface area contributed by atoms with Gasteiger partial charge in [0.1, 0.15) is 6.61 Å². The summed E-state index contributed by atoms with van der Waals surface area (Å²) in [6.45, 7) is 8.37. The summed E-state index contributed by atoms with van der Waals surface area (Å²) in [5, 5.41) is 2.73. The molecule has 0 heterocycles. The van der Waals surface area contributed by atoms with Crippen molar-refractivity contribution in [3.05, 3.63) is 0 Å². The second kappa shape index (κ2) is 5.32. The molecule has 1 unspecified atom stereocenters. The molecule has 3 nitrogen and oxygen atoms in total. The monoisotopic (exact) mass is 207 g/mol. The molecule has 0 radical (unpaired) electrons. The van der Waals surface area contributed by atoms with E-state index in [9.17, 15) is 4.79 Å². The molecule has 0 aromatic rings. The minimum Gasteiger partial charge on any atom is -0.448 e. The van der Waals surface area contributed by atoms with Crippen LogP contribution in [0.15, 0.2) is 0 Å². The molecule has 0 aliphatic rings. The third-order valence-corrected chi connectivity index (χ3v) is 2.10. The Bertz CT molecular complexity index is 165. The van der Waals surface area contributed by atoms with Gasteiger partial charge in [-0.3, -0.25) is 0 Å². The number of ether oxygens (including phenoxy) is 1. The van der Waals surface area contributed by atoms with Crippen LogP contribution in [0.5, 0.6) is 0 Å². The zero-order chi connectivity index (χ0) is 10.5. The lowest BCUT2D eigenvalue weighted by Gasteiger charge is -2.27. The molecule has 0 spiro atoms. The van der Waals surface area contributed by atoms with Gasteiger partial charge in [-0.2, -0.15) is 0 Å². The van der Waals surface area contributed by atoms with E-state index in [1.54, 1.807) is 0 Å². The third kappa shape index (κ3) is 5.75. The molecular formula is C9H18ClNO2. The Balaban J connectivity index is 3.79. The second-order valence-corrected chi connectivity index (χ2v) is 4.43. The molecule has 4 heteroatoms. The molecule has 0 aromatic carbocycles. The van der Waals surface area contributed by atoms with Gasteiger partial charge in [-0.1, -0.05) is 20.8 Å². The van der Waals surface area contributed by atoms with Crippen LogP contribution >= 0.6 is 11.6 Å². The van der Waals surface area contributed by atoms with Gasteiger partial charge in [-0.25, -0.2) is 4.79 Å². The van der Waals surface area contributed by atoms with E-state index in [4.69, 9.17) is 16.3 Å². The van der Waals surface area contributed by atoms with Crippen molar-refractivity contribution in [3.63, 3.8) is 0 Å². The molecule has 13 heavy (non-hydrogen) atoms.